The summed E-state index contributed by atoms with van der Waals surface area (Å²) >= 11 is 6.27. The SMILES string of the molecule is CC1(C)CCC(CN2CCN(c3ccc(C(=O)NS(=O)(=O)c4ccc(NCC5CCC(NCCCNc6cccc7c6C(=O)N(C6CCC(=O)NC6=O)C7=O)CC5)c([N+](=O)[O-])c4)c(Oc4cnc5[nH]ccc5c4)c3)CC2)=C(c2ccc(Cl)cc2)C1. The van der Waals surface area contributed by atoms with Crippen LogP contribution in [-0.4, -0.2) is 127 Å². The molecule has 5 amide bonds. The normalized spacial score (nSPS) is 20.1. The molecule has 3 aliphatic heterocycles. The Bertz CT molecular complexity index is 3740. The molecule has 4 aromatic carbocycles. The van der Waals surface area contributed by atoms with Gasteiger partial charge in [-0.1, -0.05) is 49.2 Å². The van der Waals surface area contributed by atoms with E-state index in [4.69, 9.17) is 16.3 Å². The second-order valence-corrected chi connectivity index (χ2v) is 25.6. The molecule has 2 aromatic heterocycles. The van der Waals surface area contributed by atoms with E-state index >= 15 is 0 Å². The third kappa shape index (κ3) is 13.2. The van der Waals surface area contributed by atoms with Crippen molar-refractivity contribution in [2.75, 3.05) is 67.9 Å². The van der Waals surface area contributed by atoms with Crippen LogP contribution in [0, 0.1) is 21.4 Å². The van der Waals surface area contributed by atoms with Crippen molar-refractivity contribution in [2.24, 2.45) is 11.3 Å². The minimum absolute atomic E-state index is 0.0397. The highest BCUT2D eigenvalue weighted by Crippen LogP contribution is 2.44. The molecule has 21 nitrogen and oxygen atoms in total. The Morgan fingerprint density at radius 3 is 2.42 bits per heavy atom. The number of nitro groups is 1. The Labute approximate surface area is 497 Å². The molecule has 0 spiro atoms. The van der Waals surface area contributed by atoms with Gasteiger partial charge in [0.1, 0.15) is 28.9 Å². The highest BCUT2D eigenvalue weighted by molar-refractivity contribution is 7.90. The second-order valence-electron chi connectivity index (χ2n) is 23.4. The number of ether oxygens (including phenoxy) is 1. The Hall–Kier alpha value is -8.18. The number of imide groups is 2. The number of carbonyl (C=O) groups excluding carboxylic acids is 5. The van der Waals surface area contributed by atoms with Crippen LogP contribution < -0.4 is 35.6 Å². The van der Waals surface area contributed by atoms with Gasteiger partial charge >= 0.3 is 0 Å². The maximum atomic E-state index is 14.2. The summed E-state index contributed by atoms with van der Waals surface area (Å²) in [4.78, 5) is 89.6. The molecule has 3 fully saturated rings. The Kier molecular flexibility index (Phi) is 17.1. The number of amides is 5. The predicted octanol–water partition coefficient (Wildman–Crippen LogP) is 9.29. The molecular weight excluding hydrogens is 1130 g/mol. The number of nitrogens with zero attached hydrogens (tertiary/aromatic N) is 5. The van der Waals surface area contributed by atoms with Crippen LogP contribution in [0.2, 0.25) is 5.02 Å². The summed E-state index contributed by atoms with van der Waals surface area (Å²) in [5.74, 6) is -2.58. The molecule has 2 aliphatic carbocycles. The molecule has 2 saturated heterocycles. The fourth-order valence-electron chi connectivity index (χ4n) is 12.3. The van der Waals surface area contributed by atoms with Crippen LogP contribution in [0.15, 0.2) is 114 Å². The first-order valence-corrected chi connectivity index (χ1v) is 30.8. The number of piperidine rings is 1. The third-order valence-corrected chi connectivity index (χ3v) is 18.6. The number of nitrogens with one attached hydrogen (secondary N) is 6. The number of hydrogen-bond acceptors (Lipinski definition) is 16. The molecule has 1 unspecified atom stereocenters. The van der Waals surface area contributed by atoms with Gasteiger partial charge in [-0.3, -0.25) is 49.2 Å². The van der Waals surface area contributed by atoms with Crippen LogP contribution in [0.5, 0.6) is 11.5 Å². The maximum Gasteiger partial charge on any atom is 0.293 e. The predicted molar refractivity (Wildman–Crippen MR) is 323 cm³/mol. The topological polar surface area (TPSA) is 270 Å². The number of aromatic nitrogens is 2. The number of nitro benzene ring substituents is 1. The van der Waals surface area contributed by atoms with Crippen molar-refractivity contribution in [3.8, 4) is 11.5 Å². The van der Waals surface area contributed by atoms with Crippen LogP contribution in [0.3, 0.4) is 0 Å². The number of allylic oxidation sites excluding steroid dienone is 1. The summed E-state index contributed by atoms with van der Waals surface area (Å²) in [5.41, 5.74) is 6.24. The number of rotatable bonds is 20. The second kappa shape index (κ2) is 24.8. The van der Waals surface area contributed by atoms with Gasteiger partial charge in [0, 0.05) is 98.4 Å². The van der Waals surface area contributed by atoms with E-state index < -0.39 is 61.1 Å². The standard InChI is InChI=1S/C62H68ClN11O10S/c1-62(2)23-21-41(49(34-62)39-9-11-42(63)12-10-39)37-71-27-29-72(30-28-71)44-15-17-47(54(32-44)84-45-31-40-22-26-66-57(40)68-36-45)58(76)70-85(82,83)46-16-18-50(53(33-46)74(80)81)67-35-38-7-13-43(14-8-38)64-24-4-25-65-51-6-3-5-48-56(51)61(79)73(60(48)78)52-19-20-55(75)69-59(52)77/h3,5-6,9-12,15-18,22,26,31-33,36,38,43,52,64-65,67H,4,7-8,13-14,19-21,23-25,27-30,34-35,37H2,1-2H3,(H,66,68)(H,70,76)(H,69,75,77). The zero-order valence-corrected chi connectivity index (χ0v) is 49.0. The lowest BCUT2D eigenvalue weighted by Crippen LogP contribution is -2.54. The van der Waals surface area contributed by atoms with Gasteiger partial charge in [-0.15, -0.1) is 0 Å². The van der Waals surface area contributed by atoms with Crippen LogP contribution in [0.4, 0.5) is 22.7 Å². The fourth-order valence-corrected chi connectivity index (χ4v) is 13.4. The van der Waals surface area contributed by atoms with Crippen LogP contribution in [0.25, 0.3) is 16.6 Å². The number of halogens is 1. The first-order valence-electron chi connectivity index (χ1n) is 29.0. The first-order chi connectivity index (χ1) is 40.9. The number of fused-ring (bicyclic) bond motifs is 2. The van der Waals surface area contributed by atoms with E-state index in [1.165, 1.54) is 41.1 Å². The molecule has 85 heavy (non-hydrogen) atoms. The summed E-state index contributed by atoms with van der Waals surface area (Å²) in [6.07, 6.45) is 10.7. The minimum atomic E-state index is -4.64. The maximum absolute atomic E-state index is 14.2. The molecule has 1 saturated carbocycles. The summed E-state index contributed by atoms with van der Waals surface area (Å²) < 4.78 is 36.4. The van der Waals surface area contributed by atoms with E-state index in [2.05, 4.69) is 71.7 Å². The lowest BCUT2D eigenvalue weighted by atomic mass is 9.72. The van der Waals surface area contributed by atoms with Gasteiger partial charge in [0.05, 0.1) is 32.7 Å². The summed E-state index contributed by atoms with van der Waals surface area (Å²) in [7, 11) is -4.64. The van der Waals surface area contributed by atoms with E-state index in [0.717, 1.165) is 86.6 Å². The van der Waals surface area contributed by atoms with Gasteiger partial charge < -0.3 is 30.6 Å². The molecule has 444 valence electrons. The van der Waals surface area contributed by atoms with E-state index in [1.807, 2.05) is 18.2 Å². The van der Waals surface area contributed by atoms with Crippen molar-refractivity contribution in [3.63, 3.8) is 0 Å². The highest BCUT2D eigenvalue weighted by Gasteiger charge is 2.46. The molecule has 23 heteroatoms. The third-order valence-electron chi connectivity index (χ3n) is 17.0. The van der Waals surface area contributed by atoms with Crippen LogP contribution >= 0.6 is 11.6 Å². The quantitative estimate of drug-likeness (QED) is 0.0180. The number of sulfonamides is 1. The summed E-state index contributed by atoms with van der Waals surface area (Å²) in [6, 6.07) is 24.5. The zero-order chi connectivity index (χ0) is 59.6. The molecule has 6 N–H and O–H groups in total. The highest BCUT2D eigenvalue weighted by atomic mass is 35.5. The van der Waals surface area contributed by atoms with Crippen LogP contribution in [-0.2, 0) is 19.6 Å². The van der Waals surface area contributed by atoms with Gasteiger partial charge in [0.2, 0.25) is 11.8 Å². The number of carbonyl (C=O) groups is 5. The zero-order valence-electron chi connectivity index (χ0n) is 47.4. The van der Waals surface area contributed by atoms with Gasteiger partial charge in [-0.05, 0) is 147 Å². The number of piperazine rings is 1. The smallest absolute Gasteiger partial charge is 0.293 e. The lowest BCUT2D eigenvalue weighted by Gasteiger charge is -2.39. The van der Waals surface area contributed by atoms with Crippen molar-refractivity contribution >= 4 is 90.5 Å². The van der Waals surface area contributed by atoms with Crippen molar-refractivity contribution in [2.45, 2.75) is 95.0 Å². The van der Waals surface area contributed by atoms with Gasteiger partial charge in [-0.25, -0.2) is 18.1 Å². The van der Waals surface area contributed by atoms with Gasteiger partial charge in [-0.2, -0.15) is 0 Å². The molecule has 11 rings (SSSR count). The number of pyridine rings is 1. The largest absolute Gasteiger partial charge is 0.455 e. The fraction of sp³-hybridized carbons (Fsp3) is 0.387. The average Bonchev–Trinajstić information content (AvgIpc) is 4.28. The molecular formula is C62H68ClN11O10S. The number of aromatic amines is 1. The molecule has 5 heterocycles. The van der Waals surface area contributed by atoms with E-state index in [1.54, 1.807) is 42.6 Å². The average molecular weight is 1190 g/mol. The molecule has 5 aliphatic rings. The molecule has 1 atom stereocenters. The molecule has 0 radical (unpaired) electrons. The molecule has 6 aromatic rings. The first kappa shape index (κ1) is 58.6. The number of hydrogen-bond donors (Lipinski definition) is 6. The summed E-state index contributed by atoms with van der Waals surface area (Å²) in [5, 5.41) is 26.2. The van der Waals surface area contributed by atoms with Crippen molar-refractivity contribution in [3.05, 3.63) is 146 Å². The van der Waals surface area contributed by atoms with Gasteiger partial charge in [0.15, 0.2) is 0 Å². The van der Waals surface area contributed by atoms with Crippen LogP contribution in [0.1, 0.15) is 115 Å². The lowest BCUT2D eigenvalue weighted by molar-refractivity contribution is -0.384. The number of H-pyrrole nitrogens is 1. The number of benzene rings is 4. The summed E-state index contributed by atoms with van der Waals surface area (Å²) in [6.45, 7) is 10.1. The Morgan fingerprint density at radius 1 is 0.871 bits per heavy atom. The van der Waals surface area contributed by atoms with Crippen molar-refractivity contribution in [1.82, 2.24) is 35.1 Å². The number of anilines is 3. The van der Waals surface area contributed by atoms with Gasteiger partial charge in [0.25, 0.3) is 33.4 Å². The Balaban J connectivity index is 0.682. The van der Waals surface area contributed by atoms with E-state index in [-0.39, 0.29) is 58.3 Å². The monoisotopic (exact) mass is 1190 g/mol. The molecule has 0 bridgehead atoms. The minimum Gasteiger partial charge on any atom is -0.455 e. The Morgan fingerprint density at radius 2 is 1.66 bits per heavy atom. The van der Waals surface area contributed by atoms with E-state index in [9.17, 15) is 42.5 Å². The van der Waals surface area contributed by atoms with E-state index in [0.29, 0.717) is 61.3 Å². The van der Waals surface area contributed by atoms with Crippen molar-refractivity contribution < 1.29 is 42.1 Å². The van der Waals surface area contributed by atoms with Crippen molar-refractivity contribution in [1.29, 1.82) is 0 Å².